The molecule has 1 aromatic carbocycles. The lowest BCUT2D eigenvalue weighted by Gasteiger charge is -2.27. The maximum absolute atomic E-state index is 12.3. The summed E-state index contributed by atoms with van der Waals surface area (Å²) in [5.74, 6) is 0.834. The van der Waals surface area contributed by atoms with Crippen LogP contribution in [0.4, 0.5) is 4.79 Å². The van der Waals surface area contributed by atoms with Crippen molar-refractivity contribution in [2.45, 2.75) is 19.1 Å². The Morgan fingerprint density at radius 3 is 2.54 bits per heavy atom. The minimum Gasteiger partial charge on any atom is -0.468 e. The van der Waals surface area contributed by atoms with E-state index < -0.39 is 0 Å². The molecule has 7 nitrogen and oxygen atoms in total. The van der Waals surface area contributed by atoms with Crippen LogP contribution in [0.1, 0.15) is 22.9 Å². The zero-order valence-corrected chi connectivity index (χ0v) is 16.7. The molecule has 2 aromatic rings. The Balaban J connectivity index is 1.50. The summed E-state index contributed by atoms with van der Waals surface area (Å²) in [4.78, 5) is 16.7. The molecule has 2 N–H and O–H groups in total. The predicted octanol–water partition coefficient (Wildman–Crippen LogP) is 2.21. The van der Waals surface area contributed by atoms with E-state index in [1.165, 1.54) is 5.56 Å². The van der Waals surface area contributed by atoms with Crippen molar-refractivity contribution in [1.82, 2.24) is 20.4 Å². The van der Waals surface area contributed by atoms with Gasteiger partial charge >= 0.3 is 6.03 Å². The number of nitrogens with one attached hydrogen (secondary N) is 2. The molecule has 1 saturated heterocycles. The average Bonchev–Trinajstić information content (AvgIpc) is 3.22. The third-order valence-electron chi connectivity index (χ3n) is 5.01. The van der Waals surface area contributed by atoms with Gasteiger partial charge in [0, 0.05) is 32.7 Å². The summed E-state index contributed by atoms with van der Waals surface area (Å²) < 4.78 is 10.9. The molecule has 0 spiro atoms. The van der Waals surface area contributed by atoms with Crippen molar-refractivity contribution < 1.29 is 13.9 Å². The van der Waals surface area contributed by atoms with Gasteiger partial charge in [0.15, 0.2) is 0 Å². The number of hydrogen-bond acceptors (Lipinski definition) is 5. The zero-order valence-electron chi connectivity index (χ0n) is 16.7. The molecule has 0 radical (unpaired) electrons. The van der Waals surface area contributed by atoms with Crippen LogP contribution >= 0.6 is 0 Å². The van der Waals surface area contributed by atoms with Gasteiger partial charge in [0.25, 0.3) is 0 Å². The van der Waals surface area contributed by atoms with Crippen LogP contribution in [0, 0.1) is 0 Å². The molecule has 0 aliphatic carbocycles. The highest BCUT2D eigenvalue weighted by molar-refractivity contribution is 5.73. The van der Waals surface area contributed by atoms with Crippen molar-refractivity contribution in [1.29, 1.82) is 0 Å². The van der Waals surface area contributed by atoms with Gasteiger partial charge in [-0.3, -0.25) is 9.80 Å². The van der Waals surface area contributed by atoms with E-state index in [-0.39, 0.29) is 12.1 Å². The van der Waals surface area contributed by atoms with Crippen LogP contribution in [-0.2, 0) is 17.8 Å². The number of ether oxygens (including phenoxy) is 1. The third kappa shape index (κ3) is 5.82. The molecular weight excluding hydrogens is 356 g/mol. The molecule has 28 heavy (non-hydrogen) atoms. The van der Waals surface area contributed by atoms with Crippen molar-refractivity contribution in [3.8, 4) is 0 Å². The van der Waals surface area contributed by atoms with E-state index in [1.54, 1.807) is 6.26 Å². The van der Waals surface area contributed by atoms with Crippen molar-refractivity contribution in [2.24, 2.45) is 0 Å². The molecule has 1 unspecified atom stereocenters. The lowest BCUT2D eigenvalue weighted by molar-refractivity contribution is 0.0341. The van der Waals surface area contributed by atoms with Gasteiger partial charge in [0.05, 0.1) is 25.5 Å². The highest BCUT2D eigenvalue weighted by Gasteiger charge is 2.18. The van der Waals surface area contributed by atoms with Crippen LogP contribution in [0.2, 0.25) is 0 Å². The number of likely N-dealkylation sites (N-methyl/N-ethyl adjacent to an activating group) is 1. The van der Waals surface area contributed by atoms with E-state index in [1.807, 2.05) is 43.3 Å². The maximum Gasteiger partial charge on any atom is 0.315 e. The molecule has 2 amide bonds. The number of carbonyl (C=O) groups is 1. The number of rotatable bonds is 8. The Labute approximate surface area is 166 Å². The topological polar surface area (TPSA) is 70.0 Å². The number of carbonyl (C=O) groups excluding carboxylic acids is 1. The summed E-state index contributed by atoms with van der Waals surface area (Å²) in [5, 5.41) is 5.92. The number of morpholine rings is 1. The predicted molar refractivity (Wildman–Crippen MR) is 108 cm³/mol. The fraction of sp³-hybridized carbons (Fsp3) is 0.476. The summed E-state index contributed by atoms with van der Waals surface area (Å²) in [7, 11) is 3.93. The number of amides is 2. The highest BCUT2D eigenvalue weighted by atomic mass is 16.5. The average molecular weight is 386 g/mol. The van der Waals surface area contributed by atoms with Gasteiger partial charge in [-0.15, -0.1) is 0 Å². The van der Waals surface area contributed by atoms with Gasteiger partial charge in [-0.05, 0) is 37.4 Å². The van der Waals surface area contributed by atoms with E-state index in [0.717, 1.165) is 44.2 Å². The summed E-state index contributed by atoms with van der Waals surface area (Å²) in [6, 6.07) is 11.9. The Morgan fingerprint density at radius 2 is 1.86 bits per heavy atom. The lowest BCUT2D eigenvalue weighted by atomic mass is 10.1. The standard InChI is InChI=1S/C21H30N4O3/c1-24(2)19(20-8-5-11-28-20)15-23-21(26)22-14-17-6-3-4-7-18(17)16-25-9-12-27-13-10-25/h3-8,11,19H,9-10,12-16H2,1-2H3,(H2,22,23,26). The Hall–Kier alpha value is -2.35. The monoisotopic (exact) mass is 386 g/mol. The molecule has 7 heteroatoms. The van der Waals surface area contributed by atoms with Crippen LogP contribution in [0.5, 0.6) is 0 Å². The molecule has 152 valence electrons. The van der Waals surface area contributed by atoms with Crippen LogP contribution in [0.3, 0.4) is 0 Å². The Morgan fingerprint density at radius 1 is 1.11 bits per heavy atom. The Bertz CT molecular complexity index is 727. The summed E-state index contributed by atoms with van der Waals surface area (Å²) in [6.45, 7) is 5.31. The normalized spacial score (nSPS) is 16.1. The van der Waals surface area contributed by atoms with Gasteiger partial charge in [-0.2, -0.15) is 0 Å². The molecule has 2 heterocycles. The minimum absolute atomic E-state index is 0.00523. The van der Waals surface area contributed by atoms with Crippen LogP contribution in [-0.4, -0.2) is 62.8 Å². The minimum atomic E-state index is -0.181. The molecule has 1 aromatic heterocycles. The van der Waals surface area contributed by atoms with Crippen molar-refractivity contribution in [2.75, 3.05) is 46.9 Å². The highest BCUT2D eigenvalue weighted by Crippen LogP contribution is 2.17. The summed E-state index contributed by atoms with van der Waals surface area (Å²) in [5.41, 5.74) is 2.38. The largest absolute Gasteiger partial charge is 0.468 e. The van der Waals surface area contributed by atoms with Gasteiger partial charge in [-0.1, -0.05) is 24.3 Å². The molecule has 1 aliphatic rings. The van der Waals surface area contributed by atoms with E-state index in [0.29, 0.717) is 13.1 Å². The number of nitrogens with zero attached hydrogens (tertiary/aromatic N) is 2. The van der Waals surface area contributed by atoms with E-state index in [2.05, 4.69) is 27.7 Å². The summed E-state index contributed by atoms with van der Waals surface area (Å²) in [6.07, 6.45) is 1.65. The van der Waals surface area contributed by atoms with E-state index in [9.17, 15) is 4.79 Å². The fourth-order valence-corrected chi connectivity index (χ4v) is 3.33. The molecule has 3 rings (SSSR count). The second kappa shape index (κ2) is 10.3. The number of benzene rings is 1. The Kier molecular flexibility index (Phi) is 7.47. The first-order chi connectivity index (χ1) is 13.6. The molecular formula is C21H30N4O3. The maximum atomic E-state index is 12.3. The first-order valence-corrected chi connectivity index (χ1v) is 9.72. The van der Waals surface area contributed by atoms with Gasteiger partial charge < -0.3 is 19.8 Å². The van der Waals surface area contributed by atoms with Gasteiger partial charge in [0.2, 0.25) is 0 Å². The fourth-order valence-electron chi connectivity index (χ4n) is 3.33. The lowest BCUT2D eigenvalue weighted by Crippen LogP contribution is -2.40. The van der Waals surface area contributed by atoms with Crippen molar-refractivity contribution >= 4 is 6.03 Å². The smallest absolute Gasteiger partial charge is 0.315 e. The first kappa shape index (κ1) is 20.4. The number of hydrogen-bond donors (Lipinski definition) is 2. The van der Waals surface area contributed by atoms with Crippen molar-refractivity contribution in [3.05, 3.63) is 59.5 Å². The quantitative estimate of drug-likeness (QED) is 0.728. The second-order valence-corrected chi connectivity index (χ2v) is 7.22. The summed E-state index contributed by atoms with van der Waals surface area (Å²) >= 11 is 0. The molecule has 1 atom stereocenters. The van der Waals surface area contributed by atoms with Crippen LogP contribution < -0.4 is 10.6 Å². The van der Waals surface area contributed by atoms with Crippen LogP contribution in [0.25, 0.3) is 0 Å². The van der Waals surface area contributed by atoms with E-state index >= 15 is 0 Å². The molecule has 0 bridgehead atoms. The SMILES string of the molecule is CN(C)C(CNC(=O)NCc1ccccc1CN1CCOCC1)c1ccco1. The second-order valence-electron chi connectivity index (χ2n) is 7.22. The molecule has 1 aliphatic heterocycles. The zero-order chi connectivity index (χ0) is 19.8. The molecule has 1 fully saturated rings. The third-order valence-corrected chi connectivity index (χ3v) is 5.01. The molecule has 0 saturated carbocycles. The van der Waals surface area contributed by atoms with Gasteiger partial charge in [0.1, 0.15) is 5.76 Å². The van der Waals surface area contributed by atoms with Crippen LogP contribution in [0.15, 0.2) is 47.1 Å². The van der Waals surface area contributed by atoms with E-state index in [4.69, 9.17) is 9.15 Å². The first-order valence-electron chi connectivity index (χ1n) is 9.72. The van der Waals surface area contributed by atoms with Gasteiger partial charge in [-0.25, -0.2) is 4.79 Å². The van der Waals surface area contributed by atoms with Crippen molar-refractivity contribution in [3.63, 3.8) is 0 Å². The number of urea groups is 1. The number of furan rings is 1.